The maximum atomic E-state index is 12.6. The molecular weight excluding hydrogens is 360 g/mol. The molecule has 1 aliphatic rings. The molecule has 1 N–H and O–H groups in total. The van der Waals surface area contributed by atoms with E-state index in [4.69, 9.17) is 0 Å². The summed E-state index contributed by atoms with van der Waals surface area (Å²) in [6.45, 7) is 8.56. The topological polar surface area (TPSA) is 66.5 Å². The molecule has 0 spiro atoms. The van der Waals surface area contributed by atoms with E-state index in [1.54, 1.807) is 12.1 Å². The van der Waals surface area contributed by atoms with Crippen molar-refractivity contribution in [1.82, 2.24) is 4.72 Å². The lowest BCUT2D eigenvalue weighted by molar-refractivity contribution is -0.121. The first-order chi connectivity index (χ1) is 12.7. The molecule has 1 aliphatic heterocycles. The molecule has 6 heteroatoms. The number of hydrogen-bond donors (Lipinski definition) is 1. The van der Waals surface area contributed by atoms with Crippen molar-refractivity contribution in [2.75, 3.05) is 11.4 Å². The molecule has 0 unspecified atom stereocenters. The molecule has 0 aliphatic carbocycles. The molecule has 0 bridgehead atoms. The Bertz CT molecular complexity index is 981. The Kier molecular flexibility index (Phi) is 5.40. The minimum Gasteiger partial charge on any atom is -0.312 e. The van der Waals surface area contributed by atoms with E-state index in [2.05, 4.69) is 4.72 Å². The van der Waals surface area contributed by atoms with Crippen LogP contribution in [0.2, 0.25) is 0 Å². The monoisotopic (exact) mass is 386 g/mol. The number of aryl methyl sites for hydroxylation is 2. The minimum absolute atomic E-state index is 0.0413. The van der Waals surface area contributed by atoms with Crippen LogP contribution in [0.15, 0.2) is 41.3 Å². The number of carbonyl (C=O) groups excluding carboxylic acids is 1. The van der Waals surface area contributed by atoms with Crippen LogP contribution < -0.4 is 9.62 Å². The number of hydrogen-bond acceptors (Lipinski definition) is 3. The Morgan fingerprint density at radius 3 is 2.52 bits per heavy atom. The number of rotatable bonds is 5. The third-order valence-corrected chi connectivity index (χ3v) is 6.45. The van der Waals surface area contributed by atoms with E-state index >= 15 is 0 Å². The summed E-state index contributed by atoms with van der Waals surface area (Å²) >= 11 is 0. The molecule has 1 heterocycles. The van der Waals surface area contributed by atoms with Gasteiger partial charge in [-0.2, -0.15) is 0 Å². The second-order valence-corrected chi connectivity index (χ2v) is 9.20. The first kappa shape index (κ1) is 19.6. The molecule has 27 heavy (non-hydrogen) atoms. The molecule has 2 aromatic rings. The Morgan fingerprint density at radius 2 is 1.85 bits per heavy atom. The van der Waals surface area contributed by atoms with Gasteiger partial charge in [0, 0.05) is 24.7 Å². The summed E-state index contributed by atoms with van der Waals surface area (Å²) in [6, 6.07) is 10.9. The summed E-state index contributed by atoms with van der Waals surface area (Å²) in [5.74, 6) is 0.0809. The fourth-order valence-corrected chi connectivity index (χ4v) is 4.35. The zero-order chi connectivity index (χ0) is 19.8. The van der Waals surface area contributed by atoms with Gasteiger partial charge >= 0.3 is 0 Å². The molecule has 0 saturated carbocycles. The van der Waals surface area contributed by atoms with Crippen molar-refractivity contribution in [2.24, 2.45) is 5.92 Å². The molecule has 2 aromatic carbocycles. The highest BCUT2D eigenvalue weighted by Crippen LogP contribution is 2.30. The molecule has 0 saturated heterocycles. The van der Waals surface area contributed by atoms with Crippen molar-refractivity contribution >= 4 is 21.6 Å². The van der Waals surface area contributed by atoms with Crippen LogP contribution in [0.4, 0.5) is 5.69 Å². The quantitative estimate of drug-likeness (QED) is 0.857. The number of benzene rings is 2. The Balaban J connectivity index is 1.74. The summed E-state index contributed by atoms with van der Waals surface area (Å²) in [4.78, 5) is 14.4. The van der Waals surface area contributed by atoms with Gasteiger partial charge in [0.1, 0.15) is 0 Å². The van der Waals surface area contributed by atoms with E-state index in [1.165, 1.54) is 0 Å². The van der Waals surface area contributed by atoms with Crippen LogP contribution in [0.25, 0.3) is 0 Å². The zero-order valence-electron chi connectivity index (χ0n) is 16.2. The lowest BCUT2D eigenvalue weighted by Crippen LogP contribution is -2.32. The lowest BCUT2D eigenvalue weighted by Gasteiger charge is -2.19. The van der Waals surface area contributed by atoms with Gasteiger partial charge in [0.15, 0.2) is 0 Å². The first-order valence-corrected chi connectivity index (χ1v) is 10.7. The van der Waals surface area contributed by atoms with Gasteiger partial charge in [-0.25, -0.2) is 13.1 Å². The molecular formula is C21H26N2O3S. The number of nitrogens with zero attached hydrogens (tertiary/aromatic N) is 1. The standard InChI is InChI=1S/C21H26N2O3S/c1-14(2)21(24)23-10-9-18-12-17(6-8-20(18)23)13-22-27(25,26)19-7-5-15(3)16(4)11-19/h5-8,11-12,14,22H,9-10,13H2,1-4H3. The Hall–Kier alpha value is -2.18. The van der Waals surface area contributed by atoms with Crippen LogP contribution in [0.3, 0.4) is 0 Å². The Morgan fingerprint density at radius 1 is 1.11 bits per heavy atom. The summed E-state index contributed by atoms with van der Waals surface area (Å²) in [5.41, 5.74) is 4.93. The third kappa shape index (κ3) is 4.06. The molecule has 0 fully saturated rings. The predicted molar refractivity (Wildman–Crippen MR) is 107 cm³/mol. The van der Waals surface area contributed by atoms with E-state index < -0.39 is 10.0 Å². The van der Waals surface area contributed by atoms with Crippen LogP contribution in [-0.2, 0) is 27.8 Å². The van der Waals surface area contributed by atoms with Gasteiger partial charge in [-0.15, -0.1) is 0 Å². The highest BCUT2D eigenvalue weighted by molar-refractivity contribution is 7.89. The molecule has 5 nitrogen and oxygen atoms in total. The van der Waals surface area contributed by atoms with Crippen LogP contribution >= 0.6 is 0 Å². The Labute approximate surface area is 161 Å². The normalized spacial score (nSPS) is 13.9. The molecule has 0 aromatic heterocycles. The maximum Gasteiger partial charge on any atom is 0.240 e. The molecule has 0 atom stereocenters. The van der Waals surface area contributed by atoms with Gasteiger partial charge in [0.05, 0.1) is 4.90 Å². The van der Waals surface area contributed by atoms with Crippen molar-refractivity contribution in [3.63, 3.8) is 0 Å². The van der Waals surface area contributed by atoms with E-state index in [1.807, 2.05) is 56.9 Å². The minimum atomic E-state index is -3.56. The average Bonchev–Trinajstić information content (AvgIpc) is 3.04. The fraction of sp³-hybridized carbons (Fsp3) is 0.381. The van der Waals surface area contributed by atoms with Gasteiger partial charge in [-0.3, -0.25) is 4.79 Å². The fourth-order valence-electron chi connectivity index (χ4n) is 3.25. The van der Waals surface area contributed by atoms with Gasteiger partial charge in [0.2, 0.25) is 15.9 Å². The SMILES string of the molecule is Cc1ccc(S(=O)(=O)NCc2ccc3c(c2)CCN3C(=O)C(C)C)cc1C. The number of nitrogens with one attached hydrogen (secondary N) is 1. The summed E-state index contributed by atoms with van der Waals surface area (Å²) in [6.07, 6.45) is 0.797. The highest BCUT2D eigenvalue weighted by Gasteiger charge is 2.26. The number of anilines is 1. The van der Waals surface area contributed by atoms with E-state index in [9.17, 15) is 13.2 Å². The van der Waals surface area contributed by atoms with E-state index in [0.29, 0.717) is 6.54 Å². The van der Waals surface area contributed by atoms with Gasteiger partial charge in [-0.1, -0.05) is 32.0 Å². The molecule has 1 amide bonds. The molecule has 3 rings (SSSR count). The van der Waals surface area contributed by atoms with Crippen molar-refractivity contribution in [3.8, 4) is 0 Å². The average molecular weight is 387 g/mol. The predicted octanol–water partition coefficient (Wildman–Crippen LogP) is 3.33. The largest absolute Gasteiger partial charge is 0.312 e. The van der Waals surface area contributed by atoms with E-state index in [-0.39, 0.29) is 23.3 Å². The van der Waals surface area contributed by atoms with Crippen LogP contribution in [0.5, 0.6) is 0 Å². The lowest BCUT2D eigenvalue weighted by atomic mass is 10.1. The van der Waals surface area contributed by atoms with Crippen LogP contribution in [0, 0.1) is 19.8 Å². The number of carbonyl (C=O) groups is 1. The first-order valence-electron chi connectivity index (χ1n) is 9.19. The highest BCUT2D eigenvalue weighted by atomic mass is 32.2. The van der Waals surface area contributed by atoms with Gasteiger partial charge in [0.25, 0.3) is 0 Å². The number of sulfonamides is 1. The van der Waals surface area contributed by atoms with Crippen molar-refractivity contribution in [1.29, 1.82) is 0 Å². The van der Waals surface area contributed by atoms with Crippen LogP contribution in [-0.4, -0.2) is 20.9 Å². The van der Waals surface area contributed by atoms with E-state index in [0.717, 1.165) is 34.4 Å². The third-order valence-electron chi connectivity index (χ3n) is 5.05. The number of fused-ring (bicyclic) bond motifs is 1. The van der Waals surface area contributed by atoms with Gasteiger partial charge < -0.3 is 4.90 Å². The van der Waals surface area contributed by atoms with Crippen LogP contribution in [0.1, 0.15) is 36.1 Å². The second kappa shape index (κ2) is 7.44. The van der Waals surface area contributed by atoms with Crippen molar-refractivity contribution < 1.29 is 13.2 Å². The number of amides is 1. The summed E-state index contributed by atoms with van der Waals surface area (Å²) in [7, 11) is -3.56. The van der Waals surface area contributed by atoms with Crippen molar-refractivity contribution in [2.45, 2.75) is 45.6 Å². The zero-order valence-corrected chi connectivity index (χ0v) is 17.1. The van der Waals surface area contributed by atoms with Crippen molar-refractivity contribution in [3.05, 3.63) is 58.7 Å². The molecule has 144 valence electrons. The smallest absolute Gasteiger partial charge is 0.240 e. The molecule has 0 radical (unpaired) electrons. The summed E-state index contributed by atoms with van der Waals surface area (Å²) < 4.78 is 27.8. The second-order valence-electron chi connectivity index (χ2n) is 7.43. The maximum absolute atomic E-state index is 12.6. The van der Waals surface area contributed by atoms with Gasteiger partial charge in [-0.05, 0) is 60.7 Å². The summed E-state index contributed by atoms with van der Waals surface area (Å²) in [5, 5.41) is 0.